The van der Waals surface area contributed by atoms with Crippen LogP contribution in [0.4, 0.5) is 5.95 Å². The van der Waals surface area contributed by atoms with E-state index in [4.69, 9.17) is 33.7 Å². The molecule has 2 aromatic carbocycles. The second-order valence-corrected chi connectivity index (χ2v) is 7.23. The zero-order valence-electron chi connectivity index (χ0n) is 13.8. The molecule has 0 aliphatic rings. The standard InChI is InChI=1S/C18H15BrCl2N4O/c1-11-9-25(18(22)24-11)23-8-12-7-13(19)5-6-17(12)26-10-14-15(20)3-2-4-16(14)21/h2-9H,10H2,1H3,(H2,22,24). The first kappa shape index (κ1) is 18.8. The predicted molar refractivity (Wildman–Crippen MR) is 109 cm³/mol. The summed E-state index contributed by atoms with van der Waals surface area (Å²) in [6.07, 6.45) is 3.40. The van der Waals surface area contributed by atoms with Crippen LogP contribution >= 0.6 is 39.1 Å². The molecule has 3 aromatic rings. The minimum absolute atomic E-state index is 0.243. The van der Waals surface area contributed by atoms with E-state index in [-0.39, 0.29) is 6.61 Å². The second kappa shape index (κ2) is 8.12. The van der Waals surface area contributed by atoms with Crippen molar-refractivity contribution in [2.75, 3.05) is 5.73 Å². The fraction of sp³-hybridized carbons (Fsp3) is 0.111. The van der Waals surface area contributed by atoms with Crippen LogP contribution in [0.3, 0.4) is 0 Å². The van der Waals surface area contributed by atoms with Crippen LogP contribution in [0.25, 0.3) is 0 Å². The van der Waals surface area contributed by atoms with Gasteiger partial charge >= 0.3 is 0 Å². The molecule has 0 saturated carbocycles. The Bertz CT molecular complexity index is 952. The highest BCUT2D eigenvalue weighted by atomic mass is 79.9. The smallest absolute Gasteiger partial charge is 0.221 e. The minimum atomic E-state index is 0.243. The maximum Gasteiger partial charge on any atom is 0.221 e. The number of rotatable bonds is 5. The number of hydrogen-bond donors (Lipinski definition) is 1. The van der Waals surface area contributed by atoms with Crippen LogP contribution in [0.1, 0.15) is 16.8 Å². The van der Waals surface area contributed by atoms with Gasteiger partial charge in [-0.05, 0) is 37.3 Å². The maximum absolute atomic E-state index is 6.20. The summed E-state index contributed by atoms with van der Waals surface area (Å²) in [7, 11) is 0. The molecule has 5 nitrogen and oxygen atoms in total. The number of halogens is 3. The third-order valence-electron chi connectivity index (χ3n) is 3.56. The van der Waals surface area contributed by atoms with Gasteiger partial charge in [0.1, 0.15) is 12.4 Å². The summed E-state index contributed by atoms with van der Waals surface area (Å²) in [5.41, 5.74) is 8.10. The summed E-state index contributed by atoms with van der Waals surface area (Å²) in [6, 6.07) is 11.0. The number of aryl methyl sites for hydroxylation is 1. The van der Waals surface area contributed by atoms with Gasteiger partial charge in [-0.3, -0.25) is 0 Å². The average Bonchev–Trinajstić information content (AvgIpc) is 2.91. The van der Waals surface area contributed by atoms with Gasteiger partial charge in [0.15, 0.2) is 0 Å². The van der Waals surface area contributed by atoms with Gasteiger partial charge in [0.25, 0.3) is 0 Å². The third kappa shape index (κ3) is 4.38. The monoisotopic (exact) mass is 452 g/mol. The maximum atomic E-state index is 6.20. The van der Waals surface area contributed by atoms with Gasteiger partial charge in [-0.2, -0.15) is 5.10 Å². The van der Waals surface area contributed by atoms with Crippen LogP contribution in [0.5, 0.6) is 5.75 Å². The van der Waals surface area contributed by atoms with Gasteiger partial charge < -0.3 is 10.5 Å². The molecular weight excluding hydrogens is 439 g/mol. The first-order valence-electron chi connectivity index (χ1n) is 7.65. The van der Waals surface area contributed by atoms with E-state index in [1.165, 1.54) is 4.68 Å². The molecule has 134 valence electrons. The summed E-state index contributed by atoms with van der Waals surface area (Å²) >= 11 is 15.9. The molecule has 0 unspecified atom stereocenters. The number of hydrogen-bond acceptors (Lipinski definition) is 4. The summed E-state index contributed by atoms with van der Waals surface area (Å²) < 4.78 is 8.33. The average molecular weight is 454 g/mol. The van der Waals surface area contributed by atoms with Crippen molar-refractivity contribution < 1.29 is 4.74 Å². The fourth-order valence-electron chi connectivity index (χ4n) is 2.29. The number of aromatic nitrogens is 2. The number of nitrogens with zero attached hydrogens (tertiary/aromatic N) is 3. The number of nitrogens with two attached hydrogens (primary N) is 1. The minimum Gasteiger partial charge on any atom is -0.488 e. The first-order valence-corrected chi connectivity index (χ1v) is 9.20. The van der Waals surface area contributed by atoms with Crippen LogP contribution in [0, 0.1) is 6.92 Å². The molecule has 2 N–H and O–H groups in total. The number of imidazole rings is 1. The molecule has 1 aromatic heterocycles. The van der Waals surface area contributed by atoms with Crippen LogP contribution in [0.15, 0.2) is 52.2 Å². The van der Waals surface area contributed by atoms with E-state index in [9.17, 15) is 0 Å². The van der Waals surface area contributed by atoms with Crippen molar-refractivity contribution in [3.05, 3.63) is 73.9 Å². The lowest BCUT2D eigenvalue weighted by atomic mass is 10.2. The zero-order valence-corrected chi connectivity index (χ0v) is 16.9. The molecule has 0 aliphatic carbocycles. The summed E-state index contributed by atoms with van der Waals surface area (Å²) in [5, 5.41) is 5.46. The highest BCUT2D eigenvalue weighted by Gasteiger charge is 2.09. The topological polar surface area (TPSA) is 65.4 Å². The summed E-state index contributed by atoms with van der Waals surface area (Å²) in [4.78, 5) is 4.12. The van der Waals surface area contributed by atoms with Gasteiger partial charge in [-0.1, -0.05) is 45.2 Å². The van der Waals surface area contributed by atoms with Crippen LogP contribution in [0.2, 0.25) is 10.0 Å². The molecule has 26 heavy (non-hydrogen) atoms. The second-order valence-electron chi connectivity index (χ2n) is 5.50. The lowest BCUT2D eigenvalue weighted by molar-refractivity contribution is 0.306. The molecule has 1 heterocycles. The Kier molecular flexibility index (Phi) is 5.86. The highest BCUT2D eigenvalue weighted by Crippen LogP contribution is 2.28. The molecule has 0 atom stereocenters. The van der Waals surface area contributed by atoms with Gasteiger partial charge in [-0.25, -0.2) is 9.66 Å². The van der Waals surface area contributed by atoms with Crippen LogP contribution in [-0.2, 0) is 6.61 Å². The van der Waals surface area contributed by atoms with Crippen molar-refractivity contribution >= 4 is 51.3 Å². The largest absolute Gasteiger partial charge is 0.488 e. The molecule has 0 amide bonds. The molecule has 0 saturated heterocycles. The predicted octanol–water partition coefficient (Wildman–Crippen LogP) is 5.30. The summed E-state index contributed by atoms with van der Waals surface area (Å²) in [5.74, 6) is 0.961. The Balaban J connectivity index is 1.85. The van der Waals surface area contributed by atoms with Crippen LogP contribution < -0.4 is 10.5 Å². The van der Waals surface area contributed by atoms with Crippen LogP contribution in [-0.4, -0.2) is 15.9 Å². The van der Waals surface area contributed by atoms with E-state index in [0.717, 1.165) is 21.3 Å². The first-order chi connectivity index (χ1) is 12.4. The summed E-state index contributed by atoms with van der Waals surface area (Å²) in [6.45, 7) is 2.09. The SMILES string of the molecule is Cc1cn(N=Cc2cc(Br)ccc2OCc2c(Cl)cccc2Cl)c(N)n1. The Labute approximate surface area is 169 Å². The van der Waals surface area contributed by atoms with E-state index in [1.54, 1.807) is 30.6 Å². The third-order valence-corrected chi connectivity index (χ3v) is 4.76. The number of anilines is 1. The van der Waals surface area contributed by atoms with E-state index in [0.29, 0.717) is 21.7 Å². The van der Waals surface area contributed by atoms with Crippen molar-refractivity contribution in [2.45, 2.75) is 13.5 Å². The Morgan fingerprint density at radius 2 is 2.00 bits per heavy atom. The van der Waals surface area contributed by atoms with Gasteiger partial charge in [0, 0.05) is 25.6 Å². The molecule has 0 aliphatic heterocycles. The number of benzene rings is 2. The Hall–Kier alpha value is -2.02. The molecule has 8 heteroatoms. The number of nitrogen functional groups attached to an aromatic ring is 1. The Morgan fingerprint density at radius 3 is 2.65 bits per heavy atom. The van der Waals surface area contributed by atoms with E-state index >= 15 is 0 Å². The van der Waals surface area contributed by atoms with E-state index in [1.807, 2.05) is 25.1 Å². The normalized spacial score (nSPS) is 11.2. The highest BCUT2D eigenvalue weighted by molar-refractivity contribution is 9.10. The van der Waals surface area contributed by atoms with Gasteiger partial charge in [-0.15, -0.1) is 0 Å². The quantitative estimate of drug-likeness (QED) is 0.532. The van der Waals surface area contributed by atoms with E-state index < -0.39 is 0 Å². The molecule has 0 fully saturated rings. The number of ether oxygens (including phenoxy) is 1. The lowest BCUT2D eigenvalue weighted by Crippen LogP contribution is -2.01. The van der Waals surface area contributed by atoms with Gasteiger partial charge in [0.05, 0.1) is 18.1 Å². The molecular formula is C18H15BrCl2N4O. The van der Waals surface area contributed by atoms with Crippen molar-refractivity contribution in [1.29, 1.82) is 0 Å². The molecule has 3 rings (SSSR count). The van der Waals surface area contributed by atoms with Crippen molar-refractivity contribution in [3.8, 4) is 5.75 Å². The van der Waals surface area contributed by atoms with Crippen molar-refractivity contribution in [3.63, 3.8) is 0 Å². The Morgan fingerprint density at radius 1 is 1.27 bits per heavy atom. The molecule has 0 radical (unpaired) electrons. The lowest BCUT2D eigenvalue weighted by Gasteiger charge is -2.12. The van der Waals surface area contributed by atoms with E-state index in [2.05, 4.69) is 26.0 Å². The molecule has 0 bridgehead atoms. The molecule has 0 spiro atoms. The fourth-order valence-corrected chi connectivity index (χ4v) is 3.18. The van der Waals surface area contributed by atoms with Crippen molar-refractivity contribution in [2.24, 2.45) is 5.10 Å². The zero-order chi connectivity index (χ0) is 18.7. The van der Waals surface area contributed by atoms with Gasteiger partial charge in [0.2, 0.25) is 5.95 Å². The van der Waals surface area contributed by atoms with Crippen molar-refractivity contribution in [1.82, 2.24) is 9.66 Å².